The average molecular weight is 145 g/mol. The first-order chi connectivity index (χ1) is 4.52. The molecule has 10 heavy (non-hydrogen) atoms. The highest BCUT2D eigenvalue weighted by atomic mass is 16.5. The maximum absolute atomic E-state index is 5.61. The van der Waals surface area contributed by atoms with Crippen LogP contribution in [0.1, 0.15) is 34.1 Å². The van der Waals surface area contributed by atoms with Gasteiger partial charge in [-0.2, -0.15) is 0 Å². The normalized spacial score (nSPS) is 15.3. The van der Waals surface area contributed by atoms with E-state index < -0.39 is 0 Å². The van der Waals surface area contributed by atoms with Crippen LogP contribution >= 0.6 is 0 Å². The van der Waals surface area contributed by atoms with E-state index in [9.17, 15) is 0 Å². The summed E-state index contributed by atoms with van der Waals surface area (Å²) in [5.74, 6) is 0. The molecule has 0 amide bonds. The van der Waals surface area contributed by atoms with E-state index in [0.717, 1.165) is 6.42 Å². The summed E-state index contributed by atoms with van der Waals surface area (Å²) in [6.45, 7) is 8.78. The highest BCUT2D eigenvalue weighted by molar-refractivity contribution is 4.70. The van der Waals surface area contributed by atoms with Gasteiger partial charge in [0.25, 0.3) is 0 Å². The lowest BCUT2D eigenvalue weighted by atomic mass is 10.1. The van der Waals surface area contributed by atoms with Crippen molar-refractivity contribution >= 4 is 0 Å². The number of hydrogen-bond donors (Lipinski definition) is 1. The quantitative estimate of drug-likeness (QED) is 0.651. The Labute approximate surface area is 63.7 Å². The summed E-state index contributed by atoms with van der Waals surface area (Å²) >= 11 is 0. The van der Waals surface area contributed by atoms with Gasteiger partial charge < -0.3 is 10.5 Å². The number of hydrogen-bond acceptors (Lipinski definition) is 2. The predicted molar refractivity (Wildman–Crippen MR) is 44.0 cm³/mol. The van der Waals surface area contributed by atoms with Crippen molar-refractivity contribution in [1.82, 2.24) is 0 Å². The molecule has 0 radical (unpaired) electrons. The van der Waals surface area contributed by atoms with Crippen LogP contribution in [0.4, 0.5) is 0 Å². The number of rotatable bonds is 4. The van der Waals surface area contributed by atoms with Crippen molar-refractivity contribution in [2.45, 2.75) is 45.8 Å². The summed E-state index contributed by atoms with van der Waals surface area (Å²) in [6.07, 6.45) is 1.36. The minimum absolute atomic E-state index is 0.157. The van der Waals surface area contributed by atoms with Crippen LogP contribution in [-0.2, 0) is 4.74 Å². The molecule has 0 saturated carbocycles. The molecule has 0 spiro atoms. The van der Waals surface area contributed by atoms with E-state index in [1.165, 1.54) is 0 Å². The maximum atomic E-state index is 5.61. The molecule has 0 fully saturated rings. The van der Waals surface area contributed by atoms with Crippen LogP contribution in [0.2, 0.25) is 0 Å². The smallest absolute Gasteiger partial charge is 0.0751 e. The maximum Gasteiger partial charge on any atom is 0.0751 e. The van der Waals surface area contributed by atoms with Gasteiger partial charge in [0.1, 0.15) is 0 Å². The Bertz CT molecular complexity index is 91.3. The Kier molecular flexibility index (Phi) is 3.91. The monoisotopic (exact) mass is 145 g/mol. The fraction of sp³-hybridized carbons (Fsp3) is 1.00. The molecule has 0 aromatic heterocycles. The first kappa shape index (κ1) is 9.92. The molecule has 2 heteroatoms. The van der Waals surface area contributed by atoms with Gasteiger partial charge in [0, 0.05) is 6.54 Å². The van der Waals surface area contributed by atoms with Crippen LogP contribution in [0.3, 0.4) is 0 Å². The highest BCUT2D eigenvalue weighted by Crippen LogP contribution is 2.11. The standard InChI is InChI=1S/C8H19NO/c1-5-7(2)10-8(3,4)6-9/h7H,5-6,9H2,1-4H3. The van der Waals surface area contributed by atoms with E-state index in [4.69, 9.17) is 10.5 Å². The van der Waals surface area contributed by atoms with E-state index in [1.807, 2.05) is 13.8 Å². The fourth-order valence-corrected chi connectivity index (χ4v) is 0.676. The number of nitrogens with two attached hydrogens (primary N) is 1. The summed E-state index contributed by atoms with van der Waals surface area (Å²) in [5.41, 5.74) is 5.33. The van der Waals surface area contributed by atoms with E-state index in [0.29, 0.717) is 12.6 Å². The molecule has 0 saturated heterocycles. The second-order valence-electron chi connectivity index (χ2n) is 3.30. The lowest BCUT2D eigenvalue weighted by Crippen LogP contribution is -2.36. The molecule has 0 aromatic rings. The van der Waals surface area contributed by atoms with Crippen molar-refractivity contribution in [3.05, 3.63) is 0 Å². The topological polar surface area (TPSA) is 35.2 Å². The summed E-state index contributed by atoms with van der Waals surface area (Å²) in [4.78, 5) is 0. The average Bonchev–Trinajstić information content (AvgIpc) is 1.87. The summed E-state index contributed by atoms with van der Waals surface area (Å²) in [7, 11) is 0. The van der Waals surface area contributed by atoms with E-state index in [-0.39, 0.29) is 5.60 Å². The van der Waals surface area contributed by atoms with Crippen LogP contribution in [0.25, 0.3) is 0 Å². The van der Waals surface area contributed by atoms with Crippen LogP contribution < -0.4 is 5.73 Å². The van der Waals surface area contributed by atoms with Crippen molar-refractivity contribution < 1.29 is 4.74 Å². The second kappa shape index (κ2) is 3.94. The van der Waals surface area contributed by atoms with Crippen molar-refractivity contribution in [3.8, 4) is 0 Å². The molecule has 0 heterocycles. The van der Waals surface area contributed by atoms with Gasteiger partial charge in [-0.1, -0.05) is 6.92 Å². The third kappa shape index (κ3) is 3.85. The van der Waals surface area contributed by atoms with Gasteiger partial charge in [0.15, 0.2) is 0 Å². The van der Waals surface area contributed by atoms with Crippen molar-refractivity contribution in [2.75, 3.05) is 6.54 Å². The molecular weight excluding hydrogens is 126 g/mol. The lowest BCUT2D eigenvalue weighted by molar-refractivity contribution is -0.0581. The molecular formula is C8H19NO. The van der Waals surface area contributed by atoms with Gasteiger partial charge in [-0.25, -0.2) is 0 Å². The Morgan fingerprint density at radius 3 is 2.30 bits per heavy atom. The van der Waals surface area contributed by atoms with Gasteiger partial charge in [-0.3, -0.25) is 0 Å². The number of ether oxygens (including phenoxy) is 1. The molecule has 2 N–H and O–H groups in total. The zero-order valence-electron chi connectivity index (χ0n) is 7.48. The SMILES string of the molecule is CCC(C)OC(C)(C)CN. The minimum atomic E-state index is -0.157. The van der Waals surface area contributed by atoms with E-state index >= 15 is 0 Å². The molecule has 1 unspecified atom stereocenters. The van der Waals surface area contributed by atoms with E-state index in [1.54, 1.807) is 0 Å². The first-order valence-corrected chi connectivity index (χ1v) is 3.89. The Morgan fingerprint density at radius 1 is 1.50 bits per heavy atom. The van der Waals surface area contributed by atoms with Gasteiger partial charge in [-0.15, -0.1) is 0 Å². The Balaban J connectivity index is 3.64. The largest absolute Gasteiger partial charge is 0.371 e. The molecule has 1 atom stereocenters. The molecule has 0 rings (SSSR count). The molecule has 0 aromatic carbocycles. The third-order valence-electron chi connectivity index (χ3n) is 1.59. The zero-order valence-corrected chi connectivity index (χ0v) is 7.48. The Morgan fingerprint density at radius 2 is 2.00 bits per heavy atom. The van der Waals surface area contributed by atoms with Crippen molar-refractivity contribution in [3.63, 3.8) is 0 Å². The lowest BCUT2D eigenvalue weighted by Gasteiger charge is -2.27. The van der Waals surface area contributed by atoms with Crippen LogP contribution in [0.15, 0.2) is 0 Å². The minimum Gasteiger partial charge on any atom is -0.371 e. The van der Waals surface area contributed by atoms with Crippen LogP contribution in [0.5, 0.6) is 0 Å². The van der Waals surface area contributed by atoms with Gasteiger partial charge in [0.2, 0.25) is 0 Å². The predicted octanol–water partition coefficient (Wildman–Crippen LogP) is 1.54. The molecule has 2 nitrogen and oxygen atoms in total. The summed E-state index contributed by atoms with van der Waals surface area (Å²) < 4.78 is 5.61. The summed E-state index contributed by atoms with van der Waals surface area (Å²) in [6, 6.07) is 0. The van der Waals surface area contributed by atoms with E-state index in [2.05, 4.69) is 13.8 Å². The van der Waals surface area contributed by atoms with Gasteiger partial charge in [-0.05, 0) is 27.2 Å². The third-order valence-corrected chi connectivity index (χ3v) is 1.59. The molecule has 0 aliphatic carbocycles. The zero-order chi connectivity index (χ0) is 8.20. The molecule has 0 aliphatic rings. The summed E-state index contributed by atoms with van der Waals surface area (Å²) in [5, 5.41) is 0. The highest BCUT2D eigenvalue weighted by Gasteiger charge is 2.17. The van der Waals surface area contributed by atoms with Gasteiger partial charge >= 0.3 is 0 Å². The Hall–Kier alpha value is -0.0800. The van der Waals surface area contributed by atoms with Crippen LogP contribution in [0, 0.1) is 0 Å². The molecule has 0 bridgehead atoms. The van der Waals surface area contributed by atoms with Gasteiger partial charge in [0.05, 0.1) is 11.7 Å². The van der Waals surface area contributed by atoms with Crippen LogP contribution in [-0.4, -0.2) is 18.2 Å². The molecule has 62 valence electrons. The fourth-order valence-electron chi connectivity index (χ4n) is 0.676. The van der Waals surface area contributed by atoms with Crippen molar-refractivity contribution in [1.29, 1.82) is 0 Å². The first-order valence-electron chi connectivity index (χ1n) is 3.89. The molecule has 0 aliphatic heterocycles. The second-order valence-corrected chi connectivity index (χ2v) is 3.30. The van der Waals surface area contributed by atoms with Crippen molar-refractivity contribution in [2.24, 2.45) is 5.73 Å².